The zero-order chi connectivity index (χ0) is 24.1. The molecule has 0 atom stereocenters. The molecule has 2 amide bonds. The monoisotopic (exact) mass is 502 g/mol. The van der Waals surface area contributed by atoms with Crippen LogP contribution in [0.15, 0.2) is 16.3 Å². The second kappa shape index (κ2) is 10.8. The van der Waals surface area contributed by atoms with E-state index in [9.17, 15) is 22.8 Å². The van der Waals surface area contributed by atoms with Crippen LogP contribution in [-0.4, -0.2) is 82.8 Å². The maximum absolute atomic E-state index is 13.4. The Balaban J connectivity index is 1.73. The molecule has 33 heavy (non-hydrogen) atoms. The van der Waals surface area contributed by atoms with E-state index in [0.717, 1.165) is 11.3 Å². The Hall–Kier alpha value is -2.22. The summed E-state index contributed by atoms with van der Waals surface area (Å²) in [6, 6.07) is 1.14. The van der Waals surface area contributed by atoms with Crippen LogP contribution < -0.4 is 15.4 Å². The van der Waals surface area contributed by atoms with Gasteiger partial charge in [0.1, 0.15) is 15.3 Å². The van der Waals surface area contributed by atoms with E-state index in [1.54, 1.807) is 11.8 Å². The van der Waals surface area contributed by atoms with Crippen molar-refractivity contribution in [1.82, 2.24) is 20.3 Å². The first-order valence-electron chi connectivity index (χ1n) is 10.9. The second-order valence-electron chi connectivity index (χ2n) is 7.98. The zero-order valence-electron chi connectivity index (χ0n) is 18.7. The predicted molar refractivity (Wildman–Crippen MR) is 121 cm³/mol. The van der Waals surface area contributed by atoms with Gasteiger partial charge in [0.25, 0.3) is 0 Å². The number of hydrogen-bond donors (Lipinski definition) is 3. The molecule has 1 aromatic heterocycles. The van der Waals surface area contributed by atoms with Crippen molar-refractivity contribution in [2.24, 2.45) is 0 Å². The number of esters is 1. The molecule has 0 saturated carbocycles. The molecule has 2 aliphatic rings. The third kappa shape index (κ3) is 5.83. The number of hydrogen-bond acceptors (Lipinski definition) is 9. The Labute approximate surface area is 197 Å². The number of nitrogens with one attached hydrogen (secondary N) is 3. The number of nitrogens with zero attached hydrogens (tertiary/aromatic N) is 1. The van der Waals surface area contributed by atoms with E-state index in [0.29, 0.717) is 45.6 Å². The number of carbonyl (C=O) groups excluding carboxylic acids is 3. The lowest BCUT2D eigenvalue weighted by Gasteiger charge is -2.39. The molecule has 2 fully saturated rings. The standard InChI is InChI=1S/C20H30N4O7S2/c1-3-31-19(27)24-11-4-14(5-12-24)22-18(26)20(7-9-21-10-8-20)23-33(28,29)15-6-13-32-16(15)17(25)30-2/h6,13-14,21,23H,3-5,7-12H2,1-2H3,(H,22,26). The van der Waals surface area contributed by atoms with Crippen molar-refractivity contribution in [2.45, 2.75) is 49.1 Å². The van der Waals surface area contributed by atoms with Gasteiger partial charge in [-0.1, -0.05) is 0 Å². The minimum Gasteiger partial charge on any atom is -0.465 e. The number of piperidine rings is 2. The van der Waals surface area contributed by atoms with Gasteiger partial charge >= 0.3 is 12.1 Å². The van der Waals surface area contributed by atoms with E-state index in [4.69, 9.17) is 4.74 Å². The SMILES string of the molecule is CCOC(=O)N1CCC(NC(=O)C2(NS(=O)(=O)c3ccsc3C(=O)OC)CCNCC2)CC1. The van der Waals surface area contributed by atoms with Crippen LogP contribution in [0.2, 0.25) is 0 Å². The lowest BCUT2D eigenvalue weighted by atomic mass is 9.88. The molecule has 0 bridgehead atoms. The fourth-order valence-electron chi connectivity index (χ4n) is 4.04. The van der Waals surface area contributed by atoms with Gasteiger partial charge in [0.2, 0.25) is 15.9 Å². The maximum atomic E-state index is 13.4. The number of sulfonamides is 1. The summed E-state index contributed by atoms with van der Waals surface area (Å²) in [6.07, 6.45) is 1.24. The van der Waals surface area contributed by atoms with Crippen molar-refractivity contribution in [3.05, 3.63) is 16.3 Å². The van der Waals surface area contributed by atoms with Crippen LogP contribution in [0.5, 0.6) is 0 Å². The fourth-order valence-corrected chi connectivity index (χ4v) is 6.80. The molecule has 3 rings (SSSR count). The minimum absolute atomic E-state index is 0.0409. The molecule has 184 valence electrons. The first-order chi connectivity index (χ1) is 15.7. The van der Waals surface area contributed by atoms with Crippen LogP contribution in [0.3, 0.4) is 0 Å². The molecule has 0 aliphatic carbocycles. The first kappa shape index (κ1) is 25.4. The van der Waals surface area contributed by atoms with Gasteiger partial charge in [-0.3, -0.25) is 4.79 Å². The van der Waals surface area contributed by atoms with Gasteiger partial charge in [0, 0.05) is 19.1 Å². The lowest BCUT2D eigenvalue weighted by Crippen LogP contribution is -2.64. The Morgan fingerprint density at radius 3 is 2.52 bits per heavy atom. The second-order valence-corrected chi connectivity index (χ2v) is 10.5. The smallest absolute Gasteiger partial charge is 0.409 e. The Morgan fingerprint density at radius 1 is 1.24 bits per heavy atom. The molecular formula is C20H30N4O7S2. The van der Waals surface area contributed by atoms with Gasteiger partial charge in [-0.2, -0.15) is 4.72 Å². The quantitative estimate of drug-likeness (QED) is 0.462. The van der Waals surface area contributed by atoms with Crippen molar-refractivity contribution in [3.63, 3.8) is 0 Å². The molecule has 3 heterocycles. The summed E-state index contributed by atoms with van der Waals surface area (Å²) in [6.45, 7) is 3.86. The van der Waals surface area contributed by atoms with Crippen molar-refractivity contribution in [2.75, 3.05) is 39.9 Å². The lowest BCUT2D eigenvalue weighted by molar-refractivity contribution is -0.129. The number of thiophene rings is 1. The molecule has 0 spiro atoms. The highest BCUT2D eigenvalue weighted by Crippen LogP contribution is 2.27. The summed E-state index contributed by atoms with van der Waals surface area (Å²) in [5.41, 5.74) is -1.35. The molecule has 13 heteroatoms. The third-order valence-electron chi connectivity index (χ3n) is 5.87. The topological polar surface area (TPSA) is 143 Å². The summed E-state index contributed by atoms with van der Waals surface area (Å²) in [5.74, 6) is -1.15. The molecule has 0 radical (unpaired) electrons. The Kier molecular flexibility index (Phi) is 8.32. The first-order valence-corrected chi connectivity index (χ1v) is 13.2. The normalized spacial score (nSPS) is 19.0. The van der Waals surface area contributed by atoms with Crippen molar-refractivity contribution in [3.8, 4) is 0 Å². The third-order valence-corrected chi connectivity index (χ3v) is 8.47. The zero-order valence-corrected chi connectivity index (χ0v) is 20.4. The number of carbonyl (C=O) groups is 3. The van der Waals surface area contributed by atoms with Gasteiger partial charge < -0.3 is 25.0 Å². The molecule has 0 aromatic carbocycles. The summed E-state index contributed by atoms with van der Waals surface area (Å²) in [7, 11) is -2.99. The van der Waals surface area contributed by atoms with Gasteiger partial charge in [-0.05, 0) is 57.1 Å². The van der Waals surface area contributed by atoms with Crippen molar-refractivity contribution < 1.29 is 32.3 Å². The number of rotatable bonds is 7. The van der Waals surface area contributed by atoms with Crippen LogP contribution in [0.1, 0.15) is 42.3 Å². The Bertz CT molecular complexity index is 965. The van der Waals surface area contributed by atoms with Crippen molar-refractivity contribution in [1.29, 1.82) is 0 Å². The van der Waals surface area contributed by atoms with E-state index in [1.165, 1.54) is 18.6 Å². The van der Waals surface area contributed by atoms with Gasteiger partial charge in [-0.25, -0.2) is 18.0 Å². The number of amides is 2. The van der Waals surface area contributed by atoms with Crippen LogP contribution in [0.25, 0.3) is 0 Å². The Morgan fingerprint density at radius 2 is 1.91 bits per heavy atom. The highest BCUT2D eigenvalue weighted by atomic mass is 32.2. The summed E-state index contributed by atoms with van der Waals surface area (Å²) in [5, 5.41) is 7.61. The number of ether oxygens (including phenoxy) is 2. The van der Waals surface area contributed by atoms with E-state index >= 15 is 0 Å². The molecule has 1 aromatic rings. The molecule has 2 aliphatic heterocycles. The minimum atomic E-state index is -4.17. The average molecular weight is 503 g/mol. The molecule has 2 saturated heterocycles. The fraction of sp³-hybridized carbons (Fsp3) is 0.650. The molecule has 11 nitrogen and oxygen atoms in total. The predicted octanol–water partition coefficient (Wildman–Crippen LogP) is 0.672. The summed E-state index contributed by atoms with van der Waals surface area (Å²) >= 11 is 0.964. The van der Waals surface area contributed by atoms with Gasteiger partial charge in [0.15, 0.2) is 0 Å². The number of likely N-dealkylation sites (tertiary alicyclic amines) is 1. The largest absolute Gasteiger partial charge is 0.465 e. The van der Waals surface area contributed by atoms with E-state index in [-0.39, 0.29) is 34.7 Å². The van der Waals surface area contributed by atoms with Gasteiger partial charge in [-0.15, -0.1) is 11.3 Å². The van der Waals surface area contributed by atoms with Crippen LogP contribution in [-0.2, 0) is 24.3 Å². The summed E-state index contributed by atoms with van der Waals surface area (Å²) in [4.78, 5) is 38.6. The van der Waals surface area contributed by atoms with Gasteiger partial charge in [0.05, 0.1) is 13.7 Å². The molecular weight excluding hydrogens is 472 g/mol. The van der Waals surface area contributed by atoms with E-state index < -0.39 is 27.4 Å². The average Bonchev–Trinajstić information content (AvgIpc) is 3.31. The van der Waals surface area contributed by atoms with Crippen LogP contribution >= 0.6 is 11.3 Å². The molecule has 0 unspecified atom stereocenters. The maximum Gasteiger partial charge on any atom is 0.409 e. The highest BCUT2D eigenvalue weighted by molar-refractivity contribution is 7.89. The van der Waals surface area contributed by atoms with E-state index in [1.807, 2.05) is 0 Å². The van der Waals surface area contributed by atoms with E-state index in [2.05, 4.69) is 20.1 Å². The van der Waals surface area contributed by atoms with Crippen molar-refractivity contribution >= 4 is 39.3 Å². The number of methoxy groups -OCH3 is 1. The van der Waals surface area contributed by atoms with Crippen LogP contribution in [0.4, 0.5) is 4.79 Å². The summed E-state index contributed by atoms with van der Waals surface area (Å²) < 4.78 is 38.7. The highest BCUT2D eigenvalue weighted by Gasteiger charge is 2.45. The van der Waals surface area contributed by atoms with Crippen LogP contribution in [0, 0.1) is 0 Å². The molecule has 3 N–H and O–H groups in total.